The van der Waals surface area contributed by atoms with Gasteiger partial charge in [-0.05, 0) is 19.1 Å². The largest absolute Gasteiger partial charge is 0.748 e. The van der Waals surface area contributed by atoms with Crippen LogP contribution in [0.15, 0.2) is 48.5 Å². The van der Waals surface area contributed by atoms with Crippen LogP contribution >= 0.6 is 0 Å². The highest BCUT2D eigenvalue weighted by molar-refractivity contribution is 7.85. The van der Waals surface area contributed by atoms with E-state index in [1.54, 1.807) is 6.07 Å². The summed E-state index contributed by atoms with van der Waals surface area (Å²) in [6, 6.07) is 13.2. The van der Waals surface area contributed by atoms with Gasteiger partial charge in [-0.1, -0.05) is 19.1 Å². The molecule has 2 aromatic carbocycles. The molecule has 1 aromatic heterocycles. The fraction of sp³-hybridized carbons (Fsp3) is 0.250. The van der Waals surface area contributed by atoms with Gasteiger partial charge in [0.25, 0.3) is 11.4 Å². The van der Waals surface area contributed by atoms with Crippen molar-refractivity contribution in [2.24, 2.45) is 0 Å². The van der Waals surface area contributed by atoms with Gasteiger partial charge in [0.1, 0.15) is 12.1 Å². The third-order valence-electron chi connectivity index (χ3n) is 4.62. The van der Waals surface area contributed by atoms with Gasteiger partial charge in [-0.2, -0.15) is 4.57 Å². The highest BCUT2D eigenvalue weighted by atomic mass is 32.2. The van der Waals surface area contributed by atoms with Gasteiger partial charge in [0, 0.05) is 42.5 Å². The normalized spacial score (nSPS) is 11.0. The van der Waals surface area contributed by atoms with E-state index in [-0.39, 0.29) is 22.7 Å². The number of hydrogen-bond acceptors (Lipinski definition) is 7. The summed E-state index contributed by atoms with van der Waals surface area (Å²) in [4.78, 5) is 21.8. The van der Waals surface area contributed by atoms with Gasteiger partial charge in [-0.15, -0.1) is 0 Å². The van der Waals surface area contributed by atoms with Crippen LogP contribution in [0.1, 0.15) is 19.5 Å². The van der Waals surface area contributed by atoms with Crippen molar-refractivity contribution in [1.29, 1.82) is 0 Å². The van der Waals surface area contributed by atoms with Gasteiger partial charge in [-0.25, -0.2) is 8.42 Å². The fourth-order valence-electron chi connectivity index (χ4n) is 3.23. The second kappa shape index (κ2) is 9.58. The molecule has 11 heteroatoms. The predicted octanol–water partition coefficient (Wildman–Crippen LogP) is 3.49. The molecule has 0 radical (unpaired) electrons. The average molecular weight is 447 g/mol. The Kier molecular flexibility index (Phi) is 7.37. The van der Waals surface area contributed by atoms with E-state index in [4.69, 9.17) is 0 Å². The zero-order valence-electron chi connectivity index (χ0n) is 17.1. The van der Waals surface area contributed by atoms with Crippen molar-refractivity contribution in [3.63, 3.8) is 0 Å². The minimum Gasteiger partial charge on any atom is -0.748 e. The molecule has 0 atom stereocenters. The van der Waals surface area contributed by atoms with Crippen molar-refractivity contribution in [2.45, 2.75) is 27.3 Å². The molecule has 0 aliphatic rings. The van der Waals surface area contributed by atoms with E-state index < -0.39 is 20.0 Å². The molecule has 0 fully saturated rings. The Hall–Kier alpha value is -3.44. The molecule has 31 heavy (non-hydrogen) atoms. The Bertz CT molecular complexity index is 1220. The van der Waals surface area contributed by atoms with Crippen LogP contribution in [-0.4, -0.2) is 28.6 Å². The van der Waals surface area contributed by atoms with Crippen LogP contribution in [0.2, 0.25) is 0 Å². The number of para-hydroxylation sites is 1. The molecule has 3 rings (SSSR count). The molecule has 1 heterocycles. The standard InChI is InChI=1S/C18H16N3O4.C2H6O3S/c1-3-19-12(2)11-14(13-7-4-5-8-15(13)19)18-16(20(22)23)9-6-10-17(18)21(24)25;1-2-6(3,4)5/h4-11H,3H2,1-2H3;2H2,1H3,(H,3,4,5)/q+1;/p-1. The molecule has 0 unspecified atom stereocenters. The number of nitro groups is 2. The van der Waals surface area contributed by atoms with Gasteiger partial charge in [0.05, 0.1) is 25.4 Å². The predicted molar refractivity (Wildman–Crippen MR) is 114 cm³/mol. The van der Waals surface area contributed by atoms with Gasteiger partial charge >= 0.3 is 0 Å². The molecule has 3 aromatic rings. The lowest BCUT2D eigenvalue weighted by Crippen LogP contribution is -2.36. The maximum atomic E-state index is 11.5. The summed E-state index contributed by atoms with van der Waals surface area (Å²) in [5, 5.41) is 23.7. The number of hydrogen-bond donors (Lipinski definition) is 0. The first-order valence-electron chi connectivity index (χ1n) is 9.29. The summed E-state index contributed by atoms with van der Waals surface area (Å²) in [6.45, 7) is 5.93. The van der Waals surface area contributed by atoms with E-state index in [1.165, 1.54) is 25.1 Å². The zero-order chi connectivity index (χ0) is 23.3. The molecule has 0 spiro atoms. The topological polar surface area (TPSA) is 147 Å². The van der Waals surface area contributed by atoms with E-state index in [2.05, 4.69) is 4.57 Å². The maximum Gasteiger partial charge on any atom is 0.284 e. The van der Waals surface area contributed by atoms with Gasteiger partial charge in [0.2, 0.25) is 5.52 Å². The van der Waals surface area contributed by atoms with Crippen LogP contribution in [0.5, 0.6) is 0 Å². The average Bonchev–Trinajstić information content (AvgIpc) is 2.72. The van der Waals surface area contributed by atoms with Crippen molar-refractivity contribution < 1.29 is 27.4 Å². The lowest BCUT2D eigenvalue weighted by Gasteiger charge is -2.10. The zero-order valence-corrected chi connectivity index (χ0v) is 18.0. The van der Waals surface area contributed by atoms with Crippen LogP contribution in [0.4, 0.5) is 11.4 Å². The van der Waals surface area contributed by atoms with Crippen LogP contribution < -0.4 is 4.57 Å². The molecule has 10 nitrogen and oxygen atoms in total. The number of aryl methyl sites for hydroxylation is 2. The molecule has 0 saturated heterocycles. The lowest BCUT2D eigenvalue weighted by molar-refractivity contribution is -0.673. The quantitative estimate of drug-likeness (QED) is 0.252. The number of rotatable bonds is 5. The summed E-state index contributed by atoms with van der Waals surface area (Å²) in [6.07, 6.45) is 0. The van der Waals surface area contributed by atoms with Crippen LogP contribution in [0, 0.1) is 27.2 Å². The number of nitrogens with zero attached hydrogens (tertiary/aromatic N) is 3. The van der Waals surface area contributed by atoms with Crippen molar-refractivity contribution in [3.8, 4) is 11.1 Å². The summed E-state index contributed by atoms with van der Waals surface area (Å²) in [5.41, 5.74) is 1.76. The van der Waals surface area contributed by atoms with Gasteiger partial charge < -0.3 is 4.55 Å². The van der Waals surface area contributed by atoms with Crippen molar-refractivity contribution in [3.05, 3.63) is 74.5 Å². The molecule has 164 valence electrons. The molecule has 0 bridgehead atoms. The second-order valence-corrected chi connectivity index (χ2v) is 8.19. The summed E-state index contributed by atoms with van der Waals surface area (Å²) >= 11 is 0. The van der Waals surface area contributed by atoms with E-state index in [0.29, 0.717) is 5.56 Å². The first-order chi connectivity index (χ1) is 14.5. The third kappa shape index (κ3) is 5.38. The van der Waals surface area contributed by atoms with Gasteiger partial charge in [0.15, 0.2) is 5.69 Å². The smallest absolute Gasteiger partial charge is 0.284 e. The Balaban J connectivity index is 0.000000501. The Labute approximate surface area is 178 Å². The van der Waals surface area contributed by atoms with Crippen LogP contribution in [-0.2, 0) is 16.7 Å². The first kappa shape index (κ1) is 23.8. The Morgan fingerprint density at radius 1 is 0.935 bits per heavy atom. The van der Waals surface area contributed by atoms with Crippen molar-refractivity contribution in [1.82, 2.24) is 0 Å². The summed E-state index contributed by atoms with van der Waals surface area (Å²) < 4.78 is 30.4. The molecular formula is C20H21N3O7S. The first-order valence-corrected chi connectivity index (χ1v) is 10.9. The number of fused-ring (bicyclic) bond motifs is 1. The summed E-state index contributed by atoms with van der Waals surface area (Å²) in [5.74, 6) is -0.312. The summed E-state index contributed by atoms with van der Waals surface area (Å²) in [7, 11) is -3.91. The monoisotopic (exact) mass is 447 g/mol. The second-order valence-electron chi connectivity index (χ2n) is 6.49. The molecule has 0 amide bonds. The van der Waals surface area contributed by atoms with Crippen molar-refractivity contribution >= 4 is 32.4 Å². The molecule has 0 saturated carbocycles. The van der Waals surface area contributed by atoms with Crippen molar-refractivity contribution in [2.75, 3.05) is 5.75 Å². The van der Waals surface area contributed by atoms with Crippen LogP contribution in [0.25, 0.3) is 22.0 Å². The van der Waals surface area contributed by atoms with E-state index >= 15 is 0 Å². The lowest BCUT2D eigenvalue weighted by atomic mass is 9.96. The van der Waals surface area contributed by atoms with Crippen LogP contribution in [0.3, 0.4) is 0 Å². The van der Waals surface area contributed by atoms with E-state index in [1.807, 2.05) is 38.1 Å². The number of pyridine rings is 1. The fourth-order valence-corrected chi connectivity index (χ4v) is 3.23. The van der Waals surface area contributed by atoms with E-state index in [0.717, 1.165) is 23.1 Å². The third-order valence-corrected chi connectivity index (χ3v) is 5.32. The Morgan fingerprint density at radius 2 is 1.45 bits per heavy atom. The molecular weight excluding hydrogens is 426 g/mol. The highest BCUT2D eigenvalue weighted by Gasteiger charge is 2.29. The highest BCUT2D eigenvalue weighted by Crippen LogP contribution is 2.40. The minimum atomic E-state index is -3.91. The van der Waals surface area contributed by atoms with Gasteiger partial charge in [-0.3, -0.25) is 20.2 Å². The molecule has 0 N–H and O–H groups in total. The molecule has 0 aliphatic heterocycles. The number of benzene rings is 2. The minimum absolute atomic E-state index is 0.0417. The van der Waals surface area contributed by atoms with E-state index in [9.17, 15) is 33.2 Å². The number of nitro benzene ring substituents is 2. The Morgan fingerprint density at radius 3 is 1.90 bits per heavy atom. The maximum absolute atomic E-state index is 11.5. The molecule has 0 aliphatic carbocycles. The SMILES string of the molecule is CCS(=O)(=O)[O-].CC[n+]1c(C)cc(-c2c([N+](=O)[O-])cccc2[N+](=O)[O-])c2ccccc21. The number of aromatic nitrogens is 1.